The molecule has 28 heavy (non-hydrogen) atoms. The van der Waals surface area contributed by atoms with Gasteiger partial charge in [-0.25, -0.2) is 4.79 Å². The third kappa shape index (κ3) is 5.05. The molecule has 150 valence electrons. The highest BCUT2D eigenvalue weighted by Gasteiger charge is 2.22. The maximum absolute atomic E-state index is 12.5. The van der Waals surface area contributed by atoms with Gasteiger partial charge in [0.1, 0.15) is 18.1 Å². The van der Waals surface area contributed by atoms with Gasteiger partial charge in [0.25, 0.3) is 0 Å². The van der Waals surface area contributed by atoms with Crippen LogP contribution in [0.2, 0.25) is 0 Å². The Morgan fingerprint density at radius 3 is 2.64 bits per heavy atom. The molecule has 7 heteroatoms. The van der Waals surface area contributed by atoms with Crippen molar-refractivity contribution in [3.8, 4) is 5.75 Å². The Bertz CT molecular complexity index is 734. The molecule has 0 radical (unpaired) electrons. The van der Waals surface area contributed by atoms with Crippen LogP contribution in [-0.4, -0.2) is 61.3 Å². The van der Waals surface area contributed by atoms with E-state index in [-0.39, 0.29) is 12.1 Å². The minimum Gasteiger partial charge on any atom is -0.491 e. The molecule has 2 fully saturated rings. The standard InChI is InChI=1S/C21H27N3O4/c25-21(24-11-9-23(10-12-24)15-19-3-1-13-26-19)22-17-5-7-18(8-6-17)28-16-20-4-2-14-27-20/h1,3,5-8,13,20H,2,4,9-12,14-16H2,(H,22,25). The first-order valence-electron chi connectivity index (χ1n) is 9.91. The van der Waals surface area contributed by atoms with Crippen molar-refractivity contribution in [2.75, 3.05) is 44.7 Å². The Balaban J connectivity index is 1.20. The van der Waals surface area contributed by atoms with E-state index in [0.717, 1.165) is 56.3 Å². The zero-order valence-corrected chi connectivity index (χ0v) is 16.0. The molecule has 0 spiro atoms. The fourth-order valence-electron chi connectivity index (χ4n) is 3.53. The van der Waals surface area contributed by atoms with Gasteiger partial charge in [-0.2, -0.15) is 0 Å². The summed E-state index contributed by atoms with van der Waals surface area (Å²) in [6, 6.07) is 11.3. The van der Waals surface area contributed by atoms with E-state index >= 15 is 0 Å². The molecule has 2 saturated heterocycles. The number of benzene rings is 1. The second kappa shape index (κ2) is 9.12. The fraction of sp³-hybridized carbons (Fsp3) is 0.476. The lowest BCUT2D eigenvalue weighted by atomic mass is 10.2. The minimum atomic E-state index is -0.0642. The van der Waals surface area contributed by atoms with Gasteiger partial charge >= 0.3 is 6.03 Å². The highest BCUT2D eigenvalue weighted by molar-refractivity contribution is 5.89. The molecule has 4 rings (SSSR count). The van der Waals surface area contributed by atoms with Gasteiger partial charge in [0.15, 0.2) is 0 Å². The van der Waals surface area contributed by atoms with Gasteiger partial charge in [-0.15, -0.1) is 0 Å². The number of urea groups is 1. The average molecular weight is 385 g/mol. The zero-order chi connectivity index (χ0) is 19.2. The number of amides is 2. The third-order valence-electron chi connectivity index (χ3n) is 5.18. The van der Waals surface area contributed by atoms with E-state index in [1.54, 1.807) is 6.26 Å². The molecule has 2 aliphatic heterocycles. The molecule has 2 aliphatic rings. The van der Waals surface area contributed by atoms with Crippen LogP contribution in [0, 0.1) is 0 Å². The van der Waals surface area contributed by atoms with E-state index in [9.17, 15) is 4.79 Å². The minimum absolute atomic E-state index is 0.0642. The summed E-state index contributed by atoms with van der Waals surface area (Å²) in [5, 5.41) is 2.97. The molecule has 1 atom stereocenters. The number of furan rings is 1. The van der Waals surface area contributed by atoms with E-state index in [1.807, 2.05) is 41.3 Å². The molecular weight excluding hydrogens is 358 g/mol. The van der Waals surface area contributed by atoms with Crippen molar-refractivity contribution in [3.05, 3.63) is 48.4 Å². The molecule has 2 amide bonds. The lowest BCUT2D eigenvalue weighted by molar-refractivity contribution is 0.0679. The lowest BCUT2D eigenvalue weighted by Gasteiger charge is -2.34. The smallest absolute Gasteiger partial charge is 0.321 e. The van der Waals surface area contributed by atoms with Crippen LogP contribution >= 0.6 is 0 Å². The SMILES string of the molecule is O=C(Nc1ccc(OCC2CCCO2)cc1)N1CCN(Cc2ccco2)CC1. The summed E-state index contributed by atoms with van der Waals surface area (Å²) in [6.45, 7) is 5.28. The van der Waals surface area contributed by atoms with Gasteiger partial charge < -0.3 is 24.1 Å². The maximum Gasteiger partial charge on any atom is 0.321 e. The van der Waals surface area contributed by atoms with Crippen LogP contribution in [-0.2, 0) is 11.3 Å². The fourth-order valence-corrected chi connectivity index (χ4v) is 3.53. The average Bonchev–Trinajstić information content (AvgIpc) is 3.42. The first-order chi connectivity index (χ1) is 13.8. The third-order valence-corrected chi connectivity index (χ3v) is 5.18. The first-order valence-corrected chi connectivity index (χ1v) is 9.91. The maximum atomic E-state index is 12.5. The highest BCUT2D eigenvalue weighted by Crippen LogP contribution is 2.19. The quantitative estimate of drug-likeness (QED) is 0.827. The van der Waals surface area contributed by atoms with Crippen LogP contribution < -0.4 is 10.1 Å². The summed E-state index contributed by atoms with van der Waals surface area (Å²) in [5.74, 6) is 1.75. The number of piperazine rings is 1. The number of carbonyl (C=O) groups excluding carboxylic acids is 1. The predicted octanol–water partition coefficient (Wildman–Crippen LogP) is 3.19. The van der Waals surface area contributed by atoms with Crippen molar-refractivity contribution < 1.29 is 18.7 Å². The van der Waals surface area contributed by atoms with Gasteiger partial charge in [-0.1, -0.05) is 0 Å². The number of hydrogen-bond acceptors (Lipinski definition) is 5. The second-order valence-electron chi connectivity index (χ2n) is 7.24. The molecular formula is C21H27N3O4. The summed E-state index contributed by atoms with van der Waals surface area (Å²) in [6.07, 6.45) is 4.06. The second-order valence-corrected chi connectivity index (χ2v) is 7.24. The van der Waals surface area contributed by atoms with E-state index in [2.05, 4.69) is 10.2 Å². The van der Waals surface area contributed by atoms with Crippen LogP contribution in [0.1, 0.15) is 18.6 Å². The highest BCUT2D eigenvalue weighted by atomic mass is 16.5. The van der Waals surface area contributed by atoms with Crippen LogP contribution in [0.5, 0.6) is 5.75 Å². The van der Waals surface area contributed by atoms with Crippen molar-refractivity contribution in [1.29, 1.82) is 0 Å². The number of nitrogens with one attached hydrogen (secondary N) is 1. The number of ether oxygens (including phenoxy) is 2. The Morgan fingerprint density at radius 1 is 1.14 bits per heavy atom. The number of hydrogen-bond donors (Lipinski definition) is 1. The van der Waals surface area contributed by atoms with Crippen LogP contribution in [0.15, 0.2) is 47.1 Å². The molecule has 0 saturated carbocycles. The van der Waals surface area contributed by atoms with Crippen molar-refractivity contribution >= 4 is 11.7 Å². The number of carbonyl (C=O) groups is 1. The van der Waals surface area contributed by atoms with Crippen LogP contribution in [0.3, 0.4) is 0 Å². The van der Waals surface area contributed by atoms with E-state index in [1.165, 1.54) is 0 Å². The molecule has 0 aliphatic carbocycles. The molecule has 2 aromatic rings. The Hall–Kier alpha value is -2.51. The molecule has 0 bridgehead atoms. The summed E-state index contributed by atoms with van der Waals surface area (Å²) in [5.41, 5.74) is 0.771. The molecule has 3 heterocycles. The van der Waals surface area contributed by atoms with Gasteiger partial charge in [0, 0.05) is 38.5 Å². The molecule has 1 aromatic carbocycles. The predicted molar refractivity (Wildman–Crippen MR) is 105 cm³/mol. The van der Waals surface area contributed by atoms with Crippen LogP contribution in [0.25, 0.3) is 0 Å². The van der Waals surface area contributed by atoms with Gasteiger partial charge in [0.05, 0.1) is 18.9 Å². The van der Waals surface area contributed by atoms with Crippen LogP contribution in [0.4, 0.5) is 10.5 Å². The molecule has 1 aromatic heterocycles. The Kier molecular flexibility index (Phi) is 6.14. The zero-order valence-electron chi connectivity index (χ0n) is 16.0. The normalized spacial score (nSPS) is 20.3. The summed E-state index contributed by atoms with van der Waals surface area (Å²) in [4.78, 5) is 16.6. The lowest BCUT2D eigenvalue weighted by Crippen LogP contribution is -2.49. The van der Waals surface area contributed by atoms with Crippen molar-refractivity contribution in [3.63, 3.8) is 0 Å². The number of rotatable bonds is 6. The van der Waals surface area contributed by atoms with Gasteiger partial charge in [0.2, 0.25) is 0 Å². The summed E-state index contributed by atoms with van der Waals surface area (Å²) < 4.78 is 16.7. The molecule has 7 nitrogen and oxygen atoms in total. The number of anilines is 1. The van der Waals surface area contributed by atoms with E-state index < -0.39 is 0 Å². The molecule has 1 N–H and O–H groups in total. The number of nitrogens with zero attached hydrogens (tertiary/aromatic N) is 2. The first kappa shape index (κ1) is 18.8. The summed E-state index contributed by atoms with van der Waals surface area (Å²) in [7, 11) is 0. The Labute approximate surface area is 165 Å². The monoisotopic (exact) mass is 385 g/mol. The van der Waals surface area contributed by atoms with Crippen molar-refractivity contribution in [2.45, 2.75) is 25.5 Å². The van der Waals surface area contributed by atoms with Crippen molar-refractivity contribution in [2.24, 2.45) is 0 Å². The van der Waals surface area contributed by atoms with Gasteiger partial charge in [-0.05, 0) is 49.2 Å². The topological polar surface area (TPSA) is 67.2 Å². The molecule has 1 unspecified atom stereocenters. The Morgan fingerprint density at radius 2 is 1.96 bits per heavy atom. The van der Waals surface area contributed by atoms with Gasteiger partial charge in [-0.3, -0.25) is 4.90 Å². The van der Waals surface area contributed by atoms with E-state index in [4.69, 9.17) is 13.9 Å². The summed E-state index contributed by atoms with van der Waals surface area (Å²) >= 11 is 0. The van der Waals surface area contributed by atoms with E-state index in [0.29, 0.717) is 19.7 Å². The largest absolute Gasteiger partial charge is 0.491 e. The van der Waals surface area contributed by atoms with Crippen molar-refractivity contribution in [1.82, 2.24) is 9.80 Å².